The highest BCUT2D eigenvalue weighted by molar-refractivity contribution is 5.19. The lowest BCUT2D eigenvalue weighted by atomic mass is 10.1. The predicted octanol–water partition coefficient (Wildman–Crippen LogP) is 5.89. The topological polar surface area (TPSA) is 9.23 Å². The lowest BCUT2D eigenvalue weighted by molar-refractivity contribution is -0.355. The zero-order valence-electron chi connectivity index (χ0n) is 12.4. The maximum Gasteiger partial charge on any atom is 0.416 e. The normalized spacial score (nSPS) is 20.4. The highest BCUT2D eigenvalue weighted by Crippen LogP contribution is 2.43. The van der Waals surface area contributed by atoms with Gasteiger partial charge in [-0.3, -0.25) is 0 Å². The van der Waals surface area contributed by atoms with Crippen molar-refractivity contribution in [3.63, 3.8) is 0 Å². The van der Waals surface area contributed by atoms with E-state index in [1.165, 1.54) is 0 Å². The fraction of sp³-hybridized carbons (Fsp3) is 0.667. The third-order valence-corrected chi connectivity index (χ3v) is 2.57. The van der Waals surface area contributed by atoms with E-state index in [0.717, 1.165) is 0 Å². The van der Waals surface area contributed by atoms with Crippen molar-refractivity contribution in [1.82, 2.24) is 0 Å². The quantitative estimate of drug-likeness (QED) is 0.464. The lowest BCUT2D eigenvalue weighted by Gasteiger charge is -2.24. The molecule has 25 heavy (non-hydrogen) atoms. The van der Waals surface area contributed by atoms with Gasteiger partial charge in [-0.2, -0.15) is 26.3 Å². The van der Waals surface area contributed by atoms with Gasteiger partial charge in [-0.25, -0.2) is 31.1 Å². The number of hydrogen-bond acceptors (Lipinski definition) is 1. The Hall–Kier alpha value is -1.40. The van der Waals surface area contributed by atoms with E-state index in [-0.39, 0.29) is 13.8 Å². The second kappa shape index (κ2) is 7.46. The fourth-order valence-corrected chi connectivity index (χ4v) is 1.08. The smallest absolute Gasteiger partial charge is 0.247 e. The van der Waals surface area contributed by atoms with Crippen LogP contribution in [0.25, 0.3) is 0 Å². The molecule has 0 aliphatic carbocycles. The summed E-state index contributed by atoms with van der Waals surface area (Å²) >= 11 is 0. The van der Waals surface area contributed by atoms with Crippen LogP contribution in [0.1, 0.15) is 13.8 Å². The van der Waals surface area contributed by atoms with Gasteiger partial charge in [0.25, 0.3) is 0 Å². The first-order valence-corrected chi connectivity index (χ1v) is 6.04. The summed E-state index contributed by atoms with van der Waals surface area (Å²) in [6, 6.07) is 0. The average Bonchev–Trinajstić information content (AvgIpc) is 2.50. The molecular formula is C12H10F12O. The van der Waals surface area contributed by atoms with Crippen LogP contribution in [0, 0.1) is 0 Å². The number of alkyl halides is 8. The Morgan fingerprint density at radius 1 is 0.600 bits per heavy atom. The Morgan fingerprint density at radius 3 is 1.04 bits per heavy atom. The Morgan fingerprint density at radius 2 is 0.840 bits per heavy atom. The number of hydrogen-bond donors (Lipinski definition) is 0. The molecular weight excluding hydrogens is 388 g/mol. The molecule has 0 heterocycles. The molecule has 0 bridgehead atoms. The molecule has 0 aromatic carbocycles. The Balaban J connectivity index is 5.89. The van der Waals surface area contributed by atoms with Gasteiger partial charge in [-0.05, 0) is 13.8 Å². The molecule has 2 unspecified atom stereocenters. The van der Waals surface area contributed by atoms with Crippen LogP contribution in [0.5, 0.6) is 0 Å². The maximum absolute atomic E-state index is 13.1. The van der Waals surface area contributed by atoms with Gasteiger partial charge in [0.1, 0.15) is 13.3 Å². The van der Waals surface area contributed by atoms with Crippen molar-refractivity contribution >= 4 is 0 Å². The predicted molar refractivity (Wildman–Crippen MR) is 60.4 cm³/mol. The van der Waals surface area contributed by atoms with E-state index in [4.69, 9.17) is 0 Å². The van der Waals surface area contributed by atoms with Crippen molar-refractivity contribution in [1.29, 1.82) is 0 Å². The van der Waals surface area contributed by atoms with E-state index in [9.17, 15) is 52.7 Å². The molecule has 0 aliphatic rings. The maximum atomic E-state index is 13.1. The van der Waals surface area contributed by atoms with Gasteiger partial charge in [0.2, 0.25) is 11.7 Å². The first-order valence-electron chi connectivity index (χ1n) is 6.04. The largest absolute Gasteiger partial charge is 0.416 e. The van der Waals surface area contributed by atoms with Gasteiger partial charge in [-0.1, -0.05) is 0 Å². The minimum absolute atomic E-state index is 0.0773. The van der Waals surface area contributed by atoms with Crippen LogP contribution < -0.4 is 0 Å². The molecule has 13 heteroatoms. The molecule has 148 valence electrons. The van der Waals surface area contributed by atoms with E-state index < -0.39 is 60.2 Å². The van der Waals surface area contributed by atoms with Crippen LogP contribution in [0.15, 0.2) is 23.3 Å². The standard InChI is InChI=1S/C12H10F12O/c1-9(19,3-13)5(15)7(17)11(21,22)25-12(23,24)8(18)6(16)10(2,20)4-14/h3-4H2,1-2H3. The summed E-state index contributed by atoms with van der Waals surface area (Å²) in [6.07, 6.45) is -12.2. The molecule has 0 spiro atoms. The first-order chi connectivity index (χ1) is 11.0. The van der Waals surface area contributed by atoms with Crippen LogP contribution >= 0.6 is 0 Å². The summed E-state index contributed by atoms with van der Waals surface area (Å²) in [5, 5.41) is 0. The molecule has 0 rings (SSSR count). The third kappa shape index (κ3) is 5.28. The minimum Gasteiger partial charge on any atom is -0.247 e. The molecule has 1 nitrogen and oxygen atoms in total. The summed E-state index contributed by atoms with van der Waals surface area (Å²) in [5.41, 5.74) is -8.00. The number of halogens is 12. The second-order valence-electron chi connectivity index (χ2n) is 5.05. The summed E-state index contributed by atoms with van der Waals surface area (Å²) < 4.78 is 157. The van der Waals surface area contributed by atoms with Crippen molar-refractivity contribution in [2.45, 2.75) is 37.4 Å². The van der Waals surface area contributed by atoms with E-state index in [1.54, 1.807) is 0 Å². The van der Waals surface area contributed by atoms with Crippen molar-refractivity contribution in [3.8, 4) is 0 Å². The second-order valence-corrected chi connectivity index (χ2v) is 5.05. The SMILES string of the molecule is CC(F)(CF)C(F)=C(F)C(F)(F)OC(F)(F)C(F)=C(F)C(C)(F)CF. The minimum atomic E-state index is -6.11. The lowest BCUT2D eigenvalue weighted by Crippen LogP contribution is -2.38. The summed E-state index contributed by atoms with van der Waals surface area (Å²) in [5.74, 6) is -13.8. The number of rotatable bonds is 8. The van der Waals surface area contributed by atoms with Gasteiger partial charge in [0.15, 0.2) is 23.0 Å². The average molecular weight is 398 g/mol. The van der Waals surface area contributed by atoms with Crippen LogP contribution in [-0.4, -0.2) is 36.9 Å². The highest BCUT2D eigenvalue weighted by atomic mass is 19.3. The van der Waals surface area contributed by atoms with Gasteiger partial charge in [0.05, 0.1) is 0 Å². The Kier molecular flexibility index (Phi) is 7.04. The molecule has 0 aromatic rings. The number of ether oxygens (including phenoxy) is 1. The summed E-state index contributed by atoms with van der Waals surface area (Å²) in [7, 11) is 0. The van der Waals surface area contributed by atoms with Crippen LogP contribution in [-0.2, 0) is 4.74 Å². The molecule has 0 radical (unpaired) electrons. The zero-order chi connectivity index (χ0) is 20.4. The molecule has 0 amide bonds. The molecule has 0 saturated carbocycles. The van der Waals surface area contributed by atoms with E-state index >= 15 is 0 Å². The van der Waals surface area contributed by atoms with Crippen LogP contribution in [0.4, 0.5) is 52.7 Å². The Bertz CT molecular complexity index is 500. The first kappa shape index (κ1) is 23.6. The van der Waals surface area contributed by atoms with Gasteiger partial charge in [-0.15, -0.1) is 0 Å². The summed E-state index contributed by atoms with van der Waals surface area (Å²) in [6.45, 7) is -4.94. The van der Waals surface area contributed by atoms with E-state index in [1.807, 2.05) is 0 Å². The zero-order valence-corrected chi connectivity index (χ0v) is 12.4. The van der Waals surface area contributed by atoms with E-state index in [2.05, 4.69) is 4.74 Å². The summed E-state index contributed by atoms with van der Waals surface area (Å²) in [4.78, 5) is 0. The third-order valence-electron chi connectivity index (χ3n) is 2.57. The van der Waals surface area contributed by atoms with Crippen molar-refractivity contribution in [2.24, 2.45) is 0 Å². The molecule has 0 saturated heterocycles. The molecule has 2 atom stereocenters. The van der Waals surface area contributed by atoms with Gasteiger partial charge < -0.3 is 0 Å². The van der Waals surface area contributed by atoms with Crippen molar-refractivity contribution < 1.29 is 57.4 Å². The van der Waals surface area contributed by atoms with E-state index in [0.29, 0.717) is 0 Å². The number of allylic oxidation sites excluding steroid dienone is 2. The van der Waals surface area contributed by atoms with Gasteiger partial charge in [0, 0.05) is 0 Å². The molecule has 0 aliphatic heterocycles. The van der Waals surface area contributed by atoms with Crippen LogP contribution in [0.3, 0.4) is 0 Å². The van der Waals surface area contributed by atoms with Crippen LogP contribution in [0.2, 0.25) is 0 Å². The molecule has 0 aromatic heterocycles. The molecule has 0 N–H and O–H groups in total. The van der Waals surface area contributed by atoms with Gasteiger partial charge >= 0.3 is 12.2 Å². The van der Waals surface area contributed by atoms with Crippen molar-refractivity contribution in [3.05, 3.63) is 23.3 Å². The fourth-order valence-electron chi connectivity index (χ4n) is 1.08. The monoisotopic (exact) mass is 398 g/mol. The Labute approximate surface area is 132 Å². The molecule has 0 fully saturated rings. The highest BCUT2D eigenvalue weighted by Gasteiger charge is 2.56. The van der Waals surface area contributed by atoms with Crippen molar-refractivity contribution in [2.75, 3.05) is 13.3 Å².